The van der Waals surface area contributed by atoms with Gasteiger partial charge in [-0.3, -0.25) is 4.79 Å². The van der Waals surface area contributed by atoms with Gasteiger partial charge in [0.2, 0.25) is 0 Å². The van der Waals surface area contributed by atoms with Crippen LogP contribution in [0.5, 0.6) is 5.75 Å². The van der Waals surface area contributed by atoms with E-state index >= 15 is 0 Å². The van der Waals surface area contributed by atoms with Crippen molar-refractivity contribution in [3.8, 4) is 5.75 Å². The number of hydrogen-bond acceptors (Lipinski definition) is 2. The molecular weight excluding hydrogens is 283 g/mol. The molecule has 1 atom stereocenters. The van der Waals surface area contributed by atoms with Crippen LogP contribution in [0, 0.1) is 17.5 Å². The van der Waals surface area contributed by atoms with Crippen molar-refractivity contribution in [2.24, 2.45) is 0 Å². The fourth-order valence-corrected chi connectivity index (χ4v) is 1.61. The summed E-state index contributed by atoms with van der Waals surface area (Å²) in [5.41, 5.74) is -0.176. The third-order valence-electron chi connectivity index (χ3n) is 2.70. The molecule has 0 aliphatic heterocycles. The normalized spacial score (nSPS) is 11.8. The number of anilines is 1. The van der Waals surface area contributed by atoms with E-state index in [1.165, 1.54) is 25.1 Å². The Morgan fingerprint density at radius 2 is 1.81 bits per heavy atom. The fourth-order valence-electron chi connectivity index (χ4n) is 1.61. The highest BCUT2D eigenvalue weighted by atomic mass is 19.1. The molecule has 2 aromatic rings. The quantitative estimate of drug-likeness (QED) is 0.937. The molecule has 0 saturated heterocycles. The SMILES string of the molecule is C[C@@H](Oc1ccccc1F)C(=O)Nc1ccc(F)cc1F. The van der Waals surface area contributed by atoms with Crippen LogP contribution in [-0.4, -0.2) is 12.0 Å². The molecule has 0 unspecified atom stereocenters. The molecule has 21 heavy (non-hydrogen) atoms. The molecule has 0 aliphatic rings. The number of carbonyl (C=O) groups is 1. The number of benzene rings is 2. The second-order valence-corrected chi connectivity index (χ2v) is 4.30. The Morgan fingerprint density at radius 1 is 1.10 bits per heavy atom. The van der Waals surface area contributed by atoms with E-state index in [0.29, 0.717) is 6.07 Å². The van der Waals surface area contributed by atoms with Crippen LogP contribution >= 0.6 is 0 Å². The molecule has 110 valence electrons. The maximum Gasteiger partial charge on any atom is 0.265 e. The Balaban J connectivity index is 2.04. The number of para-hydroxylation sites is 1. The molecule has 0 fully saturated rings. The molecule has 0 bridgehead atoms. The highest BCUT2D eigenvalue weighted by molar-refractivity contribution is 5.94. The van der Waals surface area contributed by atoms with Crippen LogP contribution in [0.4, 0.5) is 18.9 Å². The number of halogens is 3. The van der Waals surface area contributed by atoms with Gasteiger partial charge in [0.25, 0.3) is 5.91 Å². The van der Waals surface area contributed by atoms with Crippen molar-refractivity contribution < 1.29 is 22.7 Å². The zero-order chi connectivity index (χ0) is 15.4. The molecule has 1 N–H and O–H groups in total. The van der Waals surface area contributed by atoms with Crippen LogP contribution in [0.15, 0.2) is 42.5 Å². The van der Waals surface area contributed by atoms with Gasteiger partial charge in [-0.15, -0.1) is 0 Å². The van der Waals surface area contributed by atoms with Crippen molar-refractivity contribution in [2.75, 3.05) is 5.32 Å². The predicted molar refractivity (Wildman–Crippen MR) is 71.5 cm³/mol. The zero-order valence-electron chi connectivity index (χ0n) is 11.1. The number of hydrogen-bond donors (Lipinski definition) is 1. The Bertz CT molecular complexity index is 661. The highest BCUT2D eigenvalue weighted by Gasteiger charge is 2.18. The minimum atomic E-state index is -1.05. The van der Waals surface area contributed by atoms with Gasteiger partial charge >= 0.3 is 0 Å². The summed E-state index contributed by atoms with van der Waals surface area (Å²) in [7, 11) is 0. The summed E-state index contributed by atoms with van der Waals surface area (Å²) in [5, 5.41) is 2.25. The summed E-state index contributed by atoms with van der Waals surface area (Å²) in [6.45, 7) is 1.39. The van der Waals surface area contributed by atoms with Gasteiger partial charge in [-0.05, 0) is 31.2 Å². The number of rotatable bonds is 4. The van der Waals surface area contributed by atoms with E-state index in [4.69, 9.17) is 4.74 Å². The van der Waals surface area contributed by atoms with Gasteiger partial charge in [0.1, 0.15) is 11.6 Å². The van der Waals surface area contributed by atoms with Crippen molar-refractivity contribution in [3.05, 3.63) is 59.9 Å². The third kappa shape index (κ3) is 3.75. The largest absolute Gasteiger partial charge is 0.478 e. The van der Waals surface area contributed by atoms with Gasteiger partial charge in [-0.1, -0.05) is 12.1 Å². The molecule has 0 spiro atoms. The first-order chi connectivity index (χ1) is 9.97. The minimum absolute atomic E-state index is 0.0836. The van der Waals surface area contributed by atoms with E-state index < -0.39 is 29.5 Å². The van der Waals surface area contributed by atoms with E-state index in [-0.39, 0.29) is 11.4 Å². The first-order valence-electron chi connectivity index (χ1n) is 6.14. The standard InChI is InChI=1S/C15H12F3NO2/c1-9(21-14-5-3-2-4-11(14)17)15(20)19-13-7-6-10(16)8-12(13)18/h2-9H,1H3,(H,19,20)/t9-/m1/s1. The van der Waals surface area contributed by atoms with Gasteiger partial charge in [0, 0.05) is 6.07 Å². The van der Waals surface area contributed by atoms with Gasteiger partial charge in [-0.25, -0.2) is 13.2 Å². The van der Waals surface area contributed by atoms with Gasteiger partial charge in [-0.2, -0.15) is 0 Å². The molecule has 1 amide bonds. The molecule has 6 heteroatoms. The average Bonchev–Trinajstić information content (AvgIpc) is 2.44. The monoisotopic (exact) mass is 295 g/mol. The van der Waals surface area contributed by atoms with Crippen LogP contribution in [-0.2, 0) is 4.79 Å². The van der Waals surface area contributed by atoms with Crippen molar-refractivity contribution in [1.82, 2.24) is 0 Å². The Kier molecular flexibility index (Phi) is 4.47. The smallest absolute Gasteiger partial charge is 0.265 e. The lowest BCUT2D eigenvalue weighted by molar-refractivity contribution is -0.122. The van der Waals surface area contributed by atoms with E-state index in [2.05, 4.69) is 5.32 Å². The topological polar surface area (TPSA) is 38.3 Å². The van der Waals surface area contributed by atoms with Gasteiger partial charge in [0.15, 0.2) is 17.7 Å². The lowest BCUT2D eigenvalue weighted by Gasteiger charge is -2.15. The van der Waals surface area contributed by atoms with Crippen molar-refractivity contribution in [1.29, 1.82) is 0 Å². The first-order valence-corrected chi connectivity index (χ1v) is 6.14. The van der Waals surface area contributed by atoms with Gasteiger partial charge < -0.3 is 10.1 Å². The molecule has 0 heterocycles. The fraction of sp³-hybridized carbons (Fsp3) is 0.133. The molecule has 0 aromatic heterocycles. The van der Waals surface area contributed by atoms with Crippen LogP contribution in [0.3, 0.4) is 0 Å². The molecular formula is C15H12F3NO2. The van der Waals surface area contributed by atoms with E-state index in [9.17, 15) is 18.0 Å². The highest BCUT2D eigenvalue weighted by Crippen LogP contribution is 2.19. The summed E-state index contributed by atoms with van der Waals surface area (Å²) < 4.78 is 44.7. The molecule has 0 saturated carbocycles. The lowest BCUT2D eigenvalue weighted by Crippen LogP contribution is -2.30. The van der Waals surface area contributed by atoms with Crippen molar-refractivity contribution in [2.45, 2.75) is 13.0 Å². The van der Waals surface area contributed by atoms with Crippen molar-refractivity contribution >= 4 is 11.6 Å². The van der Waals surface area contributed by atoms with E-state index in [0.717, 1.165) is 12.1 Å². The maximum absolute atomic E-state index is 13.4. The first kappa shape index (κ1) is 14.9. The second-order valence-electron chi connectivity index (χ2n) is 4.30. The Labute approximate surface area is 119 Å². The van der Waals surface area contributed by atoms with Crippen molar-refractivity contribution in [3.63, 3.8) is 0 Å². The third-order valence-corrected chi connectivity index (χ3v) is 2.70. The molecule has 0 aliphatic carbocycles. The minimum Gasteiger partial charge on any atom is -0.478 e. The predicted octanol–water partition coefficient (Wildman–Crippen LogP) is 3.51. The Hall–Kier alpha value is -2.50. The van der Waals surface area contributed by atoms with Crippen LogP contribution in [0.2, 0.25) is 0 Å². The van der Waals surface area contributed by atoms with Crippen LogP contribution in [0.1, 0.15) is 6.92 Å². The summed E-state index contributed by atoms with van der Waals surface area (Å²) in [5.74, 6) is -3.02. The maximum atomic E-state index is 13.4. The number of carbonyl (C=O) groups excluding carboxylic acids is 1. The zero-order valence-corrected chi connectivity index (χ0v) is 11.1. The van der Waals surface area contributed by atoms with Gasteiger partial charge in [0.05, 0.1) is 5.69 Å². The average molecular weight is 295 g/mol. The lowest BCUT2D eigenvalue weighted by atomic mass is 10.2. The van der Waals surface area contributed by atoms with Crippen LogP contribution in [0.25, 0.3) is 0 Å². The molecule has 2 aromatic carbocycles. The molecule has 2 rings (SSSR count). The number of nitrogens with one attached hydrogen (secondary N) is 1. The summed E-state index contributed by atoms with van der Waals surface area (Å²) in [4.78, 5) is 11.8. The van der Waals surface area contributed by atoms with Crippen LogP contribution < -0.4 is 10.1 Å². The molecule has 0 radical (unpaired) electrons. The molecule has 3 nitrogen and oxygen atoms in total. The Morgan fingerprint density at radius 3 is 2.48 bits per heavy atom. The van der Waals surface area contributed by atoms with E-state index in [1.54, 1.807) is 6.07 Å². The van der Waals surface area contributed by atoms with E-state index in [1.807, 2.05) is 0 Å². The summed E-state index contributed by atoms with van der Waals surface area (Å²) in [6.07, 6.45) is -1.05. The number of ether oxygens (including phenoxy) is 1. The second kappa shape index (κ2) is 6.30. The summed E-state index contributed by atoms with van der Waals surface area (Å²) in [6, 6.07) is 8.37. The summed E-state index contributed by atoms with van der Waals surface area (Å²) >= 11 is 0. The number of amides is 1.